The lowest BCUT2D eigenvalue weighted by molar-refractivity contribution is -0.121. The Balaban J connectivity index is 1.16. The minimum absolute atomic E-state index is 0.242. The molecule has 0 unspecified atom stereocenters. The molecule has 1 N–H and O–H groups in total. The van der Waals surface area contributed by atoms with Gasteiger partial charge in [-0.25, -0.2) is 0 Å². The molecule has 0 aliphatic carbocycles. The number of aromatic nitrogens is 2. The van der Waals surface area contributed by atoms with Crippen LogP contribution in [0.15, 0.2) is 109 Å². The minimum Gasteiger partial charge on any atom is -0.496 e. The molecule has 0 aliphatic rings. The van der Waals surface area contributed by atoms with Gasteiger partial charge in [-0.3, -0.25) is 14.6 Å². The molecule has 0 amide bonds. The van der Waals surface area contributed by atoms with Gasteiger partial charge in [0, 0.05) is 40.5 Å². The number of pyridine rings is 1. The zero-order valence-electron chi connectivity index (χ0n) is 23.2. The number of ether oxygens (including phenoxy) is 3. The number of nitrogens with one attached hydrogen (secondary N) is 1. The standard InChI is InChI=1S/C35H30N2O5/c1-40-35-21-32(42-24-28-9-5-6-18-36-28)15-12-26(35)10-13-29(38)19-30(39)14-11-27-22-37-34-17-16-31(20-33(27)34)41-23-25-7-3-2-4-8-25/h2-18,20-22,37H,19,23-24H2,1H3/b13-10+,14-11+. The lowest BCUT2D eigenvalue weighted by atomic mass is 10.1. The van der Waals surface area contributed by atoms with Crippen molar-refractivity contribution >= 4 is 34.6 Å². The second kappa shape index (κ2) is 13.8. The summed E-state index contributed by atoms with van der Waals surface area (Å²) in [7, 11) is 1.55. The number of carbonyl (C=O) groups excluding carboxylic acids is 2. The van der Waals surface area contributed by atoms with E-state index in [1.54, 1.807) is 43.7 Å². The van der Waals surface area contributed by atoms with Crippen LogP contribution in [0.25, 0.3) is 23.1 Å². The number of aromatic amines is 1. The van der Waals surface area contributed by atoms with Crippen LogP contribution >= 0.6 is 0 Å². The SMILES string of the molecule is COc1cc(OCc2ccccn2)ccc1/C=C/C(=O)CC(=O)/C=C/c1c[nH]c2ccc(OCc3ccccc3)cc12. The molecule has 2 aromatic heterocycles. The van der Waals surface area contributed by atoms with Crippen molar-refractivity contribution in [1.82, 2.24) is 9.97 Å². The van der Waals surface area contributed by atoms with E-state index in [1.807, 2.05) is 72.9 Å². The molecule has 210 valence electrons. The zero-order valence-corrected chi connectivity index (χ0v) is 23.2. The molecule has 0 radical (unpaired) electrons. The van der Waals surface area contributed by atoms with Crippen molar-refractivity contribution in [3.8, 4) is 17.2 Å². The Morgan fingerprint density at radius 1 is 0.786 bits per heavy atom. The Labute approximate surface area is 244 Å². The highest BCUT2D eigenvalue weighted by molar-refractivity contribution is 6.11. The van der Waals surface area contributed by atoms with E-state index >= 15 is 0 Å². The maximum absolute atomic E-state index is 12.6. The molecule has 0 atom stereocenters. The van der Waals surface area contributed by atoms with Crippen molar-refractivity contribution in [2.45, 2.75) is 19.6 Å². The molecule has 0 aliphatic heterocycles. The van der Waals surface area contributed by atoms with Gasteiger partial charge < -0.3 is 19.2 Å². The number of allylic oxidation sites excluding steroid dienone is 2. The Bertz CT molecular complexity index is 1720. The van der Waals surface area contributed by atoms with Crippen LogP contribution in [-0.2, 0) is 22.8 Å². The highest BCUT2D eigenvalue weighted by atomic mass is 16.5. The molecule has 42 heavy (non-hydrogen) atoms. The second-order valence-electron chi connectivity index (χ2n) is 9.52. The van der Waals surface area contributed by atoms with E-state index in [4.69, 9.17) is 14.2 Å². The monoisotopic (exact) mass is 558 g/mol. The fourth-order valence-electron chi connectivity index (χ4n) is 4.30. The smallest absolute Gasteiger partial charge is 0.163 e. The molecule has 0 spiro atoms. The average Bonchev–Trinajstić information content (AvgIpc) is 3.44. The van der Waals surface area contributed by atoms with Crippen LogP contribution in [0.2, 0.25) is 0 Å². The second-order valence-corrected chi connectivity index (χ2v) is 9.52. The van der Waals surface area contributed by atoms with Gasteiger partial charge in [0.05, 0.1) is 19.2 Å². The first-order valence-electron chi connectivity index (χ1n) is 13.5. The summed E-state index contributed by atoms with van der Waals surface area (Å²) in [6.07, 6.45) is 9.47. The number of benzene rings is 3. The van der Waals surface area contributed by atoms with Gasteiger partial charge in [-0.2, -0.15) is 0 Å². The number of H-pyrrole nitrogens is 1. The summed E-state index contributed by atoms with van der Waals surface area (Å²) in [5, 5.41) is 0.926. The van der Waals surface area contributed by atoms with Crippen LogP contribution in [0.1, 0.15) is 28.8 Å². The molecular formula is C35H30N2O5. The molecule has 7 nitrogen and oxygen atoms in total. The van der Waals surface area contributed by atoms with E-state index in [-0.39, 0.29) is 18.0 Å². The third-order valence-corrected chi connectivity index (χ3v) is 6.50. The van der Waals surface area contributed by atoms with Crippen molar-refractivity contribution in [2.75, 3.05) is 7.11 Å². The summed E-state index contributed by atoms with van der Waals surface area (Å²) in [6.45, 7) is 0.793. The molecule has 3 aromatic carbocycles. The van der Waals surface area contributed by atoms with Gasteiger partial charge in [-0.15, -0.1) is 0 Å². The van der Waals surface area contributed by atoms with Crippen molar-refractivity contribution in [2.24, 2.45) is 0 Å². The summed E-state index contributed by atoms with van der Waals surface area (Å²) in [6, 6.07) is 26.7. The molecule has 0 saturated heterocycles. The van der Waals surface area contributed by atoms with E-state index in [0.29, 0.717) is 30.3 Å². The normalized spacial score (nSPS) is 11.3. The number of hydrogen-bond donors (Lipinski definition) is 1. The first-order chi connectivity index (χ1) is 20.6. The number of methoxy groups -OCH3 is 1. The Hall–Kier alpha value is -5.43. The fourth-order valence-corrected chi connectivity index (χ4v) is 4.30. The van der Waals surface area contributed by atoms with Crippen molar-refractivity contribution in [3.63, 3.8) is 0 Å². The fraction of sp³-hybridized carbons (Fsp3) is 0.114. The van der Waals surface area contributed by atoms with Gasteiger partial charge >= 0.3 is 0 Å². The van der Waals surface area contributed by atoms with Gasteiger partial charge in [0.2, 0.25) is 0 Å². The molecule has 2 heterocycles. The molecule has 0 fully saturated rings. The lowest BCUT2D eigenvalue weighted by Crippen LogP contribution is -2.02. The average molecular weight is 559 g/mol. The van der Waals surface area contributed by atoms with E-state index in [2.05, 4.69) is 9.97 Å². The van der Waals surface area contributed by atoms with Crippen LogP contribution in [0.5, 0.6) is 17.2 Å². The topological polar surface area (TPSA) is 90.5 Å². The first-order valence-corrected chi connectivity index (χ1v) is 13.5. The highest BCUT2D eigenvalue weighted by Crippen LogP contribution is 2.27. The van der Waals surface area contributed by atoms with Gasteiger partial charge in [-0.05, 0) is 72.3 Å². The summed E-state index contributed by atoms with van der Waals surface area (Å²) in [5.41, 5.74) is 4.35. The highest BCUT2D eigenvalue weighted by Gasteiger charge is 2.08. The van der Waals surface area contributed by atoms with Gasteiger partial charge in [0.25, 0.3) is 0 Å². The number of ketones is 2. The molecule has 7 heteroatoms. The van der Waals surface area contributed by atoms with Gasteiger partial charge in [-0.1, -0.05) is 36.4 Å². The molecule has 0 saturated carbocycles. The van der Waals surface area contributed by atoms with Crippen molar-refractivity contribution in [1.29, 1.82) is 0 Å². The number of carbonyl (C=O) groups is 2. The van der Waals surface area contributed by atoms with Crippen LogP contribution in [0.4, 0.5) is 0 Å². The third-order valence-electron chi connectivity index (χ3n) is 6.50. The minimum atomic E-state index is -0.308. The summed E-state index contributed by atoms with van der Waals surface area (Å²) < 4.78 is 17.2. The largest absolute Gasteiger partial charge is 0.496 e. The van der Waals surface area contributed by atoms with Gasteiger partial charge in [0.15, 0.2) is 11.6 Å². The molecule has 5 rings (SSSR count). The van der Waals surface area contributed by atoms with Crippen molar-refractivity contribution < 1.29 is 23.8 Å². The number of fused-ring (bicyclic) bond motifs is 1. The Kier molecular flexibility index (Phi) is 9.21. The predicted octanol–water partition coefficient (Wildman–Crippen LogP) is 6.98. The summed E-state index contributed by atoms with van der Waals surface area (Å²) in [4.78, 5) is 32.5. The van der Waals surface area contributed by atoms with E-state index in [1.165, 1.54) is 12.2 Å². The van der Waals surface area contributed by atoms with E-state index < -0.39 is 0 Å². The Morgan fingerprint density at radius 3 is 2.26 bits per heavy atom. The van der Waals surface area contributed by atoms with Crippen LogP contribution in [0.3, 0.4) is 0 Å². The number of nitrogens with zero attached hydrogens (tertiary/aromatic N) is 1. The van der Waals surface area contributed by atoms with Crippen LogP contribution < -0.4 is 14.2 Å². The predicted molar refractivity (Wildman–Crippen MR) is 163 cm³/mol. The first kappa shape index (κ1) is 28.1. The Morgan fingerprint density at radius 2 is 1.50 bits per heavy atom. The van der Waals surface area contributed by atoms with Crippen LogP contribution in [0, 0.1) is 0 Å². The molecule has 5 aromatic rings. The maximum atomic E-state index is 12.6. The van der Waals surface area contributed by atoms with Crippen LogP contribution in [-0.4, -0.2) is 28.6 Å². The van der Waals surface area contributed by atoms with E-state index in [9.17, 15) is 9.59 Å². The summed E-state index contributed by atoms with van der Waals surface area (Å²) >= 11 is 0. The number of rotatable bonds is 13. The third kappa shape index (κ3) is 7.61. The summed E-state index contributed by atoms with van der Waals surface area (Å²) in [5.74, 6) is 1.30. The zero-order chi connectivity index (χ0) is 29.1. The molecule has 0 bridgehead atoms. The molecular weight excluding hydrogens is 528 g/mol. The number of hydrogen-bond acceptors (Lipinski definition) is 6. The quantitative estimate of drug-likeness (QED) is 0.124. The lowest BCUT2D eigenvalue weighted by Gasteiger charge is -2.09. The maximum Gasteiger partial charge on any atom is 0.163 e. The van der Waals surface area contributed by atoms with Crippen molar-refractivity contribution in [3.05, 3.63) is 132 Å². The van der Waals surface area contributed by atoms with E-state index in [0.717, 1.165) is 33.5 Å². The van der Waals surface area contributed by atoms with Gasteiger partial charge in [0.1, 0.15) is 30.5 Å².